The van der Waals surface area contributed by atoms with Crippen LogP contribution in [0.5, 0.6) is 0 Å². The third kappa shape index (κ3) is 5.21. The first kappa shape index (κ1) is 21.0. The van der Waals surface area contributed by atoms with Crippen molar-refractivity contribution in [1.29, 1.82) is 0 Å². The summed E-state index contributed by atoms with van der Waals surface area (Å²) in [6, 6.07) is 20.2. The normalized spacial score (nSPS) is 11.1. The lowest BCUT2D eigenvalue weighted by Crippen LogP contribution is -2.43. The van der Waals surface area contributed by atoms with Crippen LogP contribution in [0.25, 0.3) is 22.5 Å². The van der Waals surface area contributed by atoms with Gasteiger partial charge in [0.15, 0.2) is 0 Å². The molecule has 0 aliphatic carbocycles. The molecule has 0 N–H and O–H groups in total. The number of hydrogen-bond donors (Lipinski definition) is 0. The maximum Gasteiger partial charge on any atom is 0.233 e. The molecule has 29 heavy (non-hydrogen) atoms. The van der Waals surface area contributed by atoms with Crippen molar-refractivity contribution in [3.8, 4) is 22.5 Å². The number of rotatable bonds is 7. The van der Waals surface area contributed by atoms with Crippen LogP contribution in [0.4, 0.5) is 0 Å². The van der Waals surface area contributed by atoms with Crippen molar-refractivity contribution in [3.05, 3.63) is 60.7 Å². The van der Waals surface area contributed by atoms with E-state index in [1.165, 1.54) is 11.8 Å². The molecular formula is C23H26N4OS. The monoisotopic (exact) mass is 406 g/mol. The highest BCUT2D eigenvalue weighted by molar-refractivity contribution is 7.99. The lowest BCUT2D eigenvalue weighted by Gasteiger charge is -2.30. The third-order valence-electron chi connectivity index (χ3n) is 4.49. The van der Waals surface area contributed by atoms with E-state index in [1.54, 1.807) is 0 Å². The maximum absolute atomic E-state index is 12.7. The predicted molar refractivity (Wildman–Crippen MR) is 119 cm³/mol. The molecular weight excluding hydrogens is 380 g/mol. The van der Waals surface area contributed by atoms with E-state index in [2.05, 4.69) is 10.2 Å². The number of thioether (sulfide) groups is 1. The van der Waals surface area contributed by atoms with E-state index < -0.39 is 0 Å². The smallest absolute Gasteiger partial charge is 0.233 e. The van der Waals surface area contributed by atoms with Gasteiger partial charge in [-0.25, -0.2) is 4.98 Å². The third-order valence-corrected chi connectivity index (χ3v) is 5.31. The molecule has 0 atom stereocenters. The second-order valence-corrected chi connectivity index (χ2v) is 8.24. The lowest BCUT2D eigenvalue weighted by atomic mass is 10.0. The number of hydrogen-bond acceptors (Lipinski definition) is 5. The Morgan fingerprint density at radius 3 is 1.86 bits per heavy atom. The molecule has 0 saturated heterocycles. The predicted octanol–water partition coefficient (Wildman–Crippen LogP) is 4.94. The highest BCUT2D eigenvalue weighted by Crippen LogP contribution is 2.29. The zero-order valence-corrected chi connectivity index (χ0v) is 18.1. The van der Waals surface area contributed by atoms with Crippen molar-refractivity contribution in [2.45, 2.75) is 44.9 Å². The van der Waals surface area contributed by atoms with Gasteiger partial charge in [-0.05, 0) is 27.7 Å². The Hall–Kier alpha value is -2.73. The molecule has 0 saturated carbocycles. The highest BCUT2D eigenvalue weighted by atomic mass is 32.2. The summed E-state index contributed by atoms with van der Waals surface area (Å²) < 4.78 is 0. The highest BCUT2D eigenvalue weighted by Gasteiger charge is 2.21. The van der Waals surface area contributed by atoms with Gasteiger partial charge in [0.05, 0.1) is 5.75 Å². The molecule has 0 radical (unpaired) electrons. The molecule has 1 aromatic heterocycles. The van der Waals surface area contributed by atoms with Gasteiger partial charge >= 0.3 is 0 Å². The van der Waals surface area contributed by atoms with Gasteiger partial charge in [0.1, 0.15) is 11.4 Å². The molecule has 0 aliphatic heterocycles. The van der Waals surface area contributed by atoms with E-state index in [0.717, 1.165) is 22.5 Å². The van der Waals surface area contributed by atoms with E-state index in [4.69, 9.17) is 4.98 Å². The average Bonchev–Trinajstić information content (AvgIpc) is 2.73. The van der Waals surface area contributed by atoms with Crippen molar-refractivity contribution in [2.24, 2.45) is 0 Å². The summed E-state index contributed by atoms with van der Waals surface area (Å²) in [6.45, 7) is 8.12. The first-order valence-electron chi connectivity index (χ1n) is 9.77. The number of benzene rings is 2. The fourth-order valence-electron chi connectivity index (χ4n) is 3.33. The van der Waals surface area contributed by atoms with Crippen LogP contribution >= 0.6 is 11.8 Å². The fourth-order valence-corrected chi connectivity index (χ4v) is 3.99. The zero-order chi connectivity index (χ0) is 20.8. The summed E-state index contributed by atoms with van der Waals surface area (Å²) in [6.07, 6.45) is 0. The quantitative estimate of drug-likeness (QED) is 0.520. The zero-order valence-electron chi connectivity index (χ0n) is 17.2. The van der Waals surface area contributed by atoms with Gasteiger partial charge in [-0.2, -0.15) is 0 Å². The minimum Gasteiger partial charge on any atom is -0.337 e. The first-order valence-corrected chi connectivity index (χ1v) is 10.8. The standard InChI is InChI=1S/C23H26N4OS/c1-16(2)27(17(3)4)20(28)15-29-23-24-21(18-11-7-5-8-12-18)22(25-26-23)19-13-9-6-10-14-19/h5-14,16-17H,15H2,1-4H3. The minimum absolute atomic E-state index is 0.0806. The van der Waals surface area contributed by atoms with Gasteiger partial charge in [-0.15, -0.1) is 10.2 Å². The second-order valence-electron chi connectivity index (χ2n) is 7.30. The molecule has 3 rings (SSSR count). The van der Waals surface area contributed by atoms with E-state index in [9.17, 15) is 4.79 Å². The summed E-state index contributed by atoms with van der Waals surface area (Å²) in [4.78, 5) is 19.3. The minimum atomic E-state index is 0.0806. The van der Waals surface area contributed by atoms with Crippen molar-refractivity contribution in [3.63, 3.8) is 0 Å². The van der Waals surface area contributed by atoms with E-state index >= 15 is 0 Å². The van der Waals surface area contributed by atoms with Crippen LogP contribution in [0.3, 0.4) is 0 Å². The molecule has 2 aromatic carbocycles. The second kappa shape index (κ2) is 9.65. The van der Waals surface area contributed by atoms with Crippen LogP contribution in [0.15, 0.2) is 65.8 Å². The number of carbonyl (C=O) groups excluding carboxylic acids is 1. The Bertz CT molecular complexity index is 938. The lowest BCUT2D eigenvalue weighted by molar-refractivity contribution is -0.131. The van der Waals surface area contributed by atoms with Gasteiger partial charge in [-0.3, -0.25) is 4.79 Å². The van der Waals surface area contributed by atoms with Gasteiger partial charge in [-0.1, -0.05) is 72.4 Å². The largest absolute Gasteiger partial charge is 0.337 e. The molecule has 5 nitrogen and oxygen atoms in total. The van der Waals surface area contributed by atoms with Crippen LogP contribution in [-0.4, -0.2) is 43.8 Å². The van der Waals surface area contributed by atoms with Crippen molar-refractivity contribution in [2.75, 3.05) is 5.75 Å². The molecule has 0 unspecified atom stereocenters. The van der Waals surface area contributed by atoms with Crippen LogP contribution in [0.1, 0.15) is 27.7 Å². The molecule has 0 fully saturated rings. The Morgan fingerprint density at radius 1 is 0.828 bits per heavy atom. The van der Waals surface area contributed by atoms with Crippen LogP contribution in [0, 0.1) is 0 Å². The summed E-state index contributed by atoms with van der Waals surface area (Å²) in [5.74, 6) is 0.369. The van der Waals surface area contributed by atoms with Gasteiger partial charge < -0.3 is 4.90 Å². The van der Waals surface area contributed by atoms with Gasteiger partial charge in [0.2, 0.25) is 11.1 Å². The Morgan fingerprint density at radius 2 is 1.34 bits per heavy atom. The number of nitrogens with zero attached hydrogens (tertiary/aromatic N) is 4. The maximum atomic E-state index is 12.7. The topological polar surface area (TPSA) is 59.0 Å². The van der Waals surface area contributed by atoms with Crippen molar-refractivity contribution in [1.82, 2.24) is 20.1 Å². The van der Waals surface area contributed by atoms with E-state index in [1.807, 2.05) is 93.3 Å². The van der Waals surface area contributed by atoms with E-state index in [0.29, 0.717) is 5.16 Å². The average molecular weight is 407 g/mol. The molecule has 1 amide bonds. The first-order chi connectivity index (χ1) is 14.0. The summed E-state index contributed by atoms with van der Waals surface area (Å²) in [5.41, 5.74) is 3.44. The van der Waals surface area contributed by atoms with Crippen LogP contribution in [0.2, 0.25) is 0 Å². The van der Waals surface area contributed by atoms with Crippen molar-refractivity contribution < 1.29 is 4.79 Å². The molecule has 1 heterocycles. The summed E-state index contributed by atoms with van der Waals surface area (Å²) in [7, 11) is 0. The Kier molecular flexibility index (Phi) is 6.99. The molecule has 0 aliphatic rings. The number of aromatic nitrogens is 3. The number of carbonyl (C=O) groups is 1. The SMILES string of the molecule is CC(C)N(C(=O)CSc1nnc(-c2ccccc2)c(-c2ccccc2)n1)C(C)C. The van der Waals surface area contributed by atoms with E-state index in [-0.39, 0.29) is 23.7 Å². The fraction of sp³-hybridized carbons (Fsp3) is 0.304. The molecule has 0 spiro atoms. The number of amides is 1. The van der Waals surface area contributed by atoms with Crippen molar-refractivity contribution >= 4 is 17.7 Å². The Labute approximate surface area is 176 Å². The molecule has 3 aromatic rings. The van der Waals surface area contributed by atoms with Crippen LogP contribution in [-0.2, 0) is 4.79 Å². The van der Waals surface area contributed by atoms with Gasteiger partial charge in [0, 0.05) is 23.2 Å². The van der Waals surface area contributed by atoms with Crippen LogP contribution < -0.4 is 0 Å². The molecule has 150 valence electrons. The Balaban J connectivity index is 1.89. The summed E-state index contributed by atoms with van der Waals surface area (Å²) in [5, 5.41) is 9.26. The molecule has 0 bridgehead atoms. The molecule has 6 heteroatoms. The summed E-state index contributed by atoms with van der Waals surface area (Å²) >= 11 is 1.33. The van der Waals surface area contributed by atoms with Gasteiger partial charge in [0.25, 0.3) is 0 Å².